The van der Waals surface area contributed by atoms with Gasteiger partial charge in [-0.1, -0.05) is 29.8 Å². The Morgan fingerprint density at radius 1 is 1.65 bits per heavy atom. The number of carbonyl (C=O) groups is 1. The number of aromatic amines is 1. The van der Waals surface area contributed by atoms with Crippen LogP contribution >= 0.6 is 15.9 Å². The number of hydrogen-bond donors (Lipinski definition) is 2. The summed E-state index contributed by atoms with van der Waals surface area (Å²) in [5, 5.41) is 13.9. The number of nitrogens with one attached hydrogen (secondary N) is 2. The zero-order chi connectivity index (χ0) is 13.1. The number of H-pyrrole nitrogens is 1. The number of nitro groups is 1. The van der Waals surface area contributed by atoms with E-state index in [-0.39, 0.29) is 22.7 Å². The molecule has 0 aromatic carbocycles. The van der Waals surface area contributed by atoms with Crippen LogP contribution in [0.4, 0.5) is 5.69 Å². The molecule has 1 aromatic heterocycles. The summed E-state index contributed by atoms with van der Waals surface area (Å²) in [5.41, 5.74) is 0.0192. The Bertz CT molecular complexity index is 428. The summed E-state index contributed by atoms with van der Waals surface area (Å²) in [6, 6.07) is 1.22. The first-order chi connectivity index (χ1) is 7.85. The van der Waals surface area contributed by atoms with Crippen molar-refractivity contribution in [1.29, 1.82) is 0 Å². The third-order valence-electron chi connectivity index (χ3n) is 2.21. The minimum atomic E-state index is -0.546. The van der Waals surface area contributed by atoms with Gasteiger partial charge in [0.05, 0.1) is 11.1 Å². The van der Waals surface area contributed by atoms with Crippen molar-refractivity contribution in [3.8, 4) is 0 Å². The number of alkyl halides is 1. The summed E-state index contributed by atoms with van der Waals surface area (Å²) in [6.45, 7) is 4.49. The molecule has 0 fully saturated rings. The molecule has 0 aliphatic heterocycles. The Morgan fingerprint density at radius 3 is 2.76 bits per heavy atom. The maximum absolute atomic E-state index is 11.7. The van der Waals surface area contributed by atoms with Crippen molar-refractivity contribution < 1.29 is 9.72 Å². The molecule has 1 aromatic rings. The van der Waals surface area contributed by atoms with Gasteiger partial charge in [0.1, 0.15) is 5.69 Å². The lowest BCUT2D eigenvalue weighted by atomic mass is 9.97. The van der Waals surface area contributed by atoms with Gasteiger partial charge in [0.15, 0.2) is 0 Å². The summed E-state index contributed by atoms with van der Waals surface area (Å²) in [4.78, 5) is 24.1. The quantitative estimate of drug-likeness (QED) is 0.496. The number of nitrogens with zero attached hydrogens (tertiary/aromatic N) is 1. The highest BCUT2D eigenvalue weighted by atomic mass is 79.9. The van der Waals surface area contributed by atoms with Crippen LogP contribution < -0.4 is 5.32 Å². The van der Waals surface area contributed by atoms with E-state index < -0.39 is 4.92 Å². The lowest BCUT2D eigenvalue weighted by Crippen LogP contribution is -2.35. The topological polar surface area (TPSA) is 88.0 Å². The zero-order valence-corrected chi connectivity index (χ0v) is 11.2. The van der Waals surface area contributed by atoms with Crippen LogP contribution in [0.15, 0.2) is 12.3 Å². The van der Waals surface area contributed by atoms with E-state index in [1.807, 2.05) is 13.8 Å². The summed E-state index contributed by atoms with van der Waals surface area (Å²) in [5.74, 6) is -0.341. The van der Waals surface area contributed by atoms with Crippen molar-refractivity contribution in [3.05, 3.63) is 28.1 Å². The predicted molar refractivity (Wildman–Crippen MR) is 67.4 cm³/mol. The Morgan fingerprint density at radius 2 is 2.29 bits per heavy atom. The standard InChI is InChI=1S/C10H14BrN3O3/c1-10(2,5-11)6-13-9(15)8-3-7(4-12-8)14(16)17/h3-4,12H,5-6H2,1-2H3,(H,13,15). The average Bonchev–Trinajstić information content (AvgIpc) is 2.75. The van der Waals surface area contributed by atoms with Gasteiger partial charge in [0, 0.05) is 17.9 Å². The second-order valence-corrected chi connectivity index (χ2v) is 5.07. The maximum Gasteiger partial charge on any atom is 0.287 e. The van der Waals surface area contributed by atoms with E-state index in [0.29, 0.717) is 6.54 Å². The lowest BCUT2D eigenvalue weighted by molar-refractivity contribution is -0.384. The molecule has 17 heavy (non-hydrogen) atoms. The highest BCUT2D eigenvalue weighted by molar-refractivity contribution is 9.09. The van der Waals surface area contributed by atoms with E-state index in [2.05, 4.69) is 26.2 Å². The van der Waals surface area contributed by atoms with E-state index in [9.17, 15) is 14.9 Å². The number of rotatable bonds is 5. The number of hydrogen-bond acceptors (Lipinski definition) is 3. The van der Waals surface area contributed by atoms with Gasteiger partial charge in [-0.2, -0.15) is 0 Å². The number of amides is 1. The molecule has 0 saturated carbocycles. The SMILES string of the molecule is CC(C)(CBr)CNC(=O)c1cc([N+](=O)[O-])c[nH]1. The first-order valence-electron chi connectivity index (χ1n) is 5.03. The molecule has 7 heteroatoms. The molecule has 1 amide bonds. The highest BCUT2D eigenvalue weighted by Gasteiger charge is 2.19. The number of aromatic nitrogens is 1. The molecule has 0 atom stereocenters. The fraction of sp³-hybridized carbons (Fsp3) is 0.500. The van der Waals surface area contributed by atoms with Crippen molar-refractivity contribution in [2.24, 2.45) is 5.41 Å². The third kappa shape index (κ3) is 3.85. The highest BCUT2D eigenvalue weighted by Crippen LogP contribution is 2.17. The molecular formula is C10H14BrN3O3. The monoisotopic (exact) mass is 303 g/mol. The second-order valence-electron chi connectivity index (χ2n) is 4.51. The van der Waals surface area contributed by atoms with Crippen molar-refractivity contribution in [2.45, 2.75) is 13.8 Å². The van der Waals surface area contributed by atoms with Gasteiger partial charge in [-0.3, -0.25) is 14.9 Å². The molecule has 0 radical (unpaired) electrons. The van der Waals surface area contributed by atoms with E-state index in [1.165, 1.54) is 12.3 Å². The Kier molecular flexibility index (Phi) is 4.28. The Hall–Kier alpha value is -1.37. The summed E-state index contributed by atoms with van der Waals surface area (Å²) >= 11 is 3.35. The van der Waals surface area contributed by atoms with Crippen LogP contribution in [0.5, 0.6) is 0 Å². The van der Waals surface area contributed by atoms with Crippen molar-refractivity contribution >= 4 is 27.5 Å². The van der Waals surface area contributed by atoms with Gasteiger partial charge in [-0.05, 0) is 5.41 Å². The molecule has 6 nitrogen and oxygen atoms in total. The largest absolute Gasteiger partial charge is 0.351 e. The van der Waals surface area contributed by atoms with Crippen LogP contribution in [0.25, 0.3) is 0 Å². The van der Waals surface area contributed by atoms with Crippen LogP contribution in [0.1, 0.15) is 24.3 Å². The van der Waals surface area contributed by atoms with E-state index >= 15 is 0 Å². The van der Waals surface area contributed by atoms with Crippen LogP contribution in [-0.4, -0.2) is 27.7 Å². The molecule has 1 rings (SSSR count). The molecule has 94 valence electrons. The summed E-state index contributed by atoms with van der Waals surface area (Å²) in [6.07, 6.45) is 1.20. The van der Waals surface area contributed by atoms with Gasteiger partial charge in [0.2, 0.25) is 0 Å². The van der Waals surface area contributed by atoms with Crippen molar-refractivity contribution in [3.63, 3.8) is 0 Å². The maximum atomic E-state index is 11.7. The second kappa shape index (κ2) is 5.31. The van der Waals surface area contributed by atoms with Crippen LogP contribution in [-0.2, 0) is 0 Å². The van der Waals surface area contributed by atoms with Gasteiger partial charge in [-0.25, -0.2) is 0 Å². The Balaban J connectivity index is 2.61. The van der Waals surface area contributed by atoms with Gasteiger partial charge >= 0.3 is 0 Å². The molecule has 0 spiro atoms. The molecule has 0 bridgehead atoms. The first kappa shape index (κ1) is 13.7. The van der Waals surface area contributed by atoms with Crippen molar-refractivity contribution in [2.75, 3.05) is 11.9 Å². The summed E-state index contributed by atoms with van der Waals surface area (Å²) < 4.78 is 0. The molecule has 0 saturated heterocycles. The first-order valence-corrected chi connectivity index (χ1v) is 6.15. The van der Waals surface area contributed by atoms with Crippen molar-refractivity contribution in [1.82, 2.24) is 10.3 Å². The van der Waals surface area contributed by atoms with E-state index in [1.54, 1.807) is 0 Å². The van der Waals surface area contributed by atoms with E-state index in [0.717, 1.165) is 5.33 Å². The molecule has 2 N–H and O–H groups in total. The van der Waals surface area contributed by atoms with Crippen LogP contribution in [0.2, 0.25) is 0 Å². The normalized spacial score (nSPS) is 11.2. The smallest absolute Gasteiger partial charge is 0.287 e. The zero-order valence-electron chi connectivity index (χ0n) is 9.62. The lowest BCUT2D eigenvalue weighted by Gasteiger charge is -2.21. The molecule has 0 unspecified atom stereocenters. The average molecular weight is 304 g/mol. The van der Waals surface area contributed by atoms with Crippen LogP contribution in [0, 0.1) is 15.5 Å². The Labute approximate surface area is 107 Å². The molecular weight excluding hydrogens is 290 g/mol. The minimum Gasteiger partial charge on any atom is -0.351 e. The molecule has 0 aliphatic carbocycles. The van der Waals surface area contributed by atoms with Gasteiger partial charge in [-0.15, -0.1) is 0 Å². The number of halogens is 1. The molecule has 0 aliphatic rings. The summed E-state index contributed by atoms with van der Waals surface area (Å²) in [7, 11) is 0. The van der Waals surface area contributed by atoms with Crippen LogP contribution in [0.3, 0.4) is 0 Å². The predicted octanol–water partition coefficient (Wildman–Crippen LogP) is 2.07. The number of carbonyl (C=O) groups excluding carboxylic acids is 1. The fourth-order valence-electron chi connectivity index (χ4n) is 1.08. The minimum absolute atomic E-state index is 0.0613. The van der Waals surface area contributed by atoms with Gasteiger partial charge < -0.3 is 10.3 Å². The fourth-order valence-corrected chi connectivity index (χ4v) is 1.28. The van der Waals surface area contributed by atoms with Gasteiger partial charge in [0.25, 0.3) is 11.6 Å². The third-order valence-corrected chi connectivity index (χ3v) is 3.73. The molecule has 1 heterocycles. The van der Waals surface area contributed by atoms with E-state index in [4.69, 9.17) is 0 Å².